The second-order valence-electron chi connectivity index (χ2n) is 4.87. The van der Waals surface area contributed by atoms with Crippen LogP contribution < -0.4 is 5.32 Å². The fraction of sp³-hybridized carbons (Fsp3) is 0.188. The van der Waals surface area contributed by atoms with Crippen LogP contribution in [-0.2, 0) is 6.54 Å². The van der Waals surface area contributed by atoms with Crippen molar-refractivity contribution in [2.75, 3.05) is 7.05 Å². The highest BCUT2D eigenvalue weighted by Gasteiger charge is 2.18. The van der Waals surface area contributed by atoms with E-state index >= 15 is 0 Å². The van der Waals surface area contributed by atoms with Crippen molar-refractivity contribution in [3.8, 4) is 0 Å². The first-order valence-electron chi connectivity index (χ1n) is 6.72. The van der Waals surface area contributed by atoms with E-state index in [-0.39, 0.29) is 6.04 Å². The molecule has 0 aliphatic rings. The Morgan fingerprint density at radius 1 is 1.14 bits per heavy atom. The normalized spacial score (nSPS) is 12.7. The lowest BCUT2D eigenvalue weighted by molar-refractivity contribution is 0.436. The first-order chi connectivity index (χ1) is 10.2. The summed E-state index contributed by atoms with van der Waals surface area (Å²) < 4.78 is 29.1. The molecule has 5 heteroatoms. The van der Waals surface area contributed by atoms with Crippen LogP contribution in [0.4, 0.5) is 8.78 Å². The van der Waals surface area contributed by atoms with E-state index in [4.69, 9.17) is 0 Å². The highest BCUT2D eigenvalue weighted by molar-refractivity contribution is 5.78. The number of halogens is 2. The summed E-state index contributed by atoms with van der Waals surface area (Å²) in [6, 6.07) is 11.7. The Morgan fingerprint density at radius 2 is 1.95 bits per heavy atom. The lowest BCUT2D eigenvalue weighted by Gasteiger charge is -2.18. The van der Waals surface area contributed by atoms with E-state index in [2.05, 4.69) is 10.4 Å². The smallest absolute Gasteiger partial charge is 0.163 e. The van der Waals surface area contributed by atoms with Crippen LogP contribution in [0.1, 0.15) is 11.6 Å². The zero-order valence-electron chi connectivity index (χ0n) is 11.6. The van der Waals surface area contributed by atoms with Crippen LogP contribution in [-0.4, -0.2) is 16.8 Å². The SMILES string of the molecule is CNC(Cn1ncc2ccccc21)c1cccc(F)c1F. The number of hydrogen-bond acceptors (Lipinski definition) is 2. The molecule has 0 fully saturated rings. The van der Waals surface area contributed by atoms with Gasteiger partial charge in [-0.3, -0.25) is 4.68 Å². The van der Waals surface area contributed by atoms with Crippen molar-refractivity contribution < 1.29 is 8.78 Å². The Hall–Kier alpha value is -2.27. The third kappa shape index (κ3) is 2.52. The molecule has 3 rings (SSSR count). The molecule has 0 amide bonds. The van der Waals surface area contributed by atoms with Crippen LogP contribution in [0.25, 0.3) is 10.9 Å². The number of fused-ring (bicyclic) bond motifs is 1. The molecule has 1 atom stereocenters. The van der Waals surface area contributed by atoms with Gasteiger partial charge in [0, 0.05) is 10.9 Å². The monoisotopic (exact) mass is 287 g/mol. The van der Waals surface area contributed by atoms with E-state index in [0.717, 1.165) is 17.0 Å². The maximum absolute atomic E-state index is 13.9. The average Bonchev–Trinajstić information content (AvgIpc) is 2.91. The maximum atomic E-state index is 13.9. The van der Waals surface area contributed by atoms with Crippen molar-refractivity contribution in [1.29, 1.82) is 0 Å². The van der Waals surface area contributed by atoms with Crippen molar-refractivity contribution in [3.63, 3.8) is 0 Å². The van der Waals surface area contributed by atoms with Crippen molar-refractivity contribution in [2.45, 2.75) is 12.6 Å². The van der Waals surface area contributed by atoms with Crippen LogP contribution in [0, 0.1) is 11.6 Å². The Labute approximate surface area is 121 Å². The second kappa shape index (κ2) is 5.61. The van der Waals surface area contributed by atoms with Gasteiger partial charge in [-0.1, -0.05) is 30.3 Å². The van der Waals surface area contributed by atoms with Gasteiger partial charge in [-0.25, -0.2) is 8.78 Å². The molecule has 1 heterocycles. The second-order valence-corrected chi connectivity index (χ2v) is 4.87. The largest absolute Gasteiger partial charge is 0.311 e. The number of nitrogens with one attached hydrogen (secondary N) is 1. The van der Waals surface area contributed by atoms with Crippen LogP contribution in [0.3, 0.4) is 0 Å². The first kappa shape index (κ1) is 13.7. The van der Waals surface area contributed by atoms with Gasteiger partial charge >= 0.3 is 0 Å². The van der Waals surface area contributed by atoms with Crippen LogP contribution >= 0.6 is 0 Å². The molecule has 0 aliphatic carbocycles. The molecule has 0 saturated heterocycles. The quantitative estimate of drug-likeness (QED) is 0.798. The van der Waals surface area contributed by atoms with Gasteiger partial charge in [0.25, 0.3) is 0 Å². The highest BCUT2D eigenvalue weighted by Crippen LogP contribution is 2.22. The van der Waals surface area contributed by atoms with Gasteiger partial charge in [0.1, 0.15) is 0 Å². The van der Waals surface area contributed by atoms with Gasteiger partial charge in [-0.05, 0) is 19.2 Å². The van der Waals surface area contributed by atoms with Gasteiger partial charge in [-0.15, -0.1) is 0 Å². The van der Waals surface area contributed by atoms with Crippen molar-refractivity contribution in [1.82, 2.24) is 15.1 Å². The minimum absolute atomic E-state index is 0.303. The zero-order valence-corrected chi connectivity index (χ0v) is 11.6. The fourth-order valence-electron chi connectivity index (χ4n) is 2.48. The highest BCUT2D eigenvalue weighted by atomic mass is 19.2. The van der Waals surface area contributed by atoms with Crippen molar-refractivity contribution in [3.05, 3.63) is 65.9 Å². The molecule has 0 radical (unpaired) electrons. The minimum Gasteiger partial charge on any atom is -0.311 e. The van der Waals surface area contributed by atoms with E-state index in [1.54, 1.807) is 24.0 Å². The van der Waals surface area contributed by atoms with Gasteiger partial charge < -0.3 is 5.32 Å². The Balaban J connectivity index is 1.96. The number of likely N-dealkylation sites (N-methyl/N-ethyl adjacent to an activating group) is 1. The van der Waals surface area contributed by atoms with E-state index in [1.807, 2.05) is 24.3 Å². The van der Waals surface area contributed by atoms with Gasteiger partial charge in [-0.2, -0.15) is 5.10 Å². The molecule has 0 bridgehead atoms. The third-order valence-corrected chi connectivity index (χ3v) is 3.61. The summed E-state index contributed by atoms with van der Waals surface area (Å²) in [5.41, 5.74) is 1.27. The standard InChI is InChI=1S/C16H15F2N3/c1-19-14(12-6-4-7-13(17)16(12)18)10-21-15-8-3-2-5-11(15)9-20-21/h2-9,14,19H,10H2,1H3. The van der Waals surface area contributed by atoms with E-state index in [1.165, 1.54) is 6.07 Å². The molecule has 0 aliphatic heterocycles. The molecule has 3 nitrogen and oxygen atoms in total. The van der Waals surface area contributed by atoms with E-state index in [9.17, 15) is 8.78 Å². The fourth-order valence-corrected chi connectivity index (χ4v) is 2.48. The van der Waals surface area contributed by atoms with Crippen LogP contribution in [0.5, 0.6) is 0 Å². The molecule has 1 N–H and O–H groups in total. The molecule has 1 unspecified atom stereocenters. The lowest BCUT2D eigenvalue weighted by Crippen LogP contribution is -2.23. The number of para-hydroxylation sites is 1. The molecule has 1 aromatic heterocycles. The molecular weight excluding hydrogens is 272 g/mol. The zero-order chi connectivity index (χ0) is 14.8. The third-order valence-electron chi connectivity index (χ3n) is 3.61. The molecule has 0 saturated carbocycles. The summed E-state index contributed by atoms with van der Waals surface area (Å²) in [6.07, 6.45) is 1.77. The first-order valence-corrected chi connectivity index (χ1v) is 6.72. The van der Waals surface area contributed by atoms with Gasteiger partial charge in [0.05, 0.1) is 24.3 Å². The Bertz CT molecular complexity index is 767. The number of nitrogens with zero attached hydrogens (tertiary/aromatic N) is 2. The summed E-state index contributed by atoms with van der Waals surface area (Å²) in [5.74, 6) is -1.65. The molecule has 0 spiro atoms. The maximum Gasteiger partial charge on any atom is 0.163 e. The Morgan fingerprint density at radius 3 is 2.76 bits per heavy atom. The van der Waals surface area contributed by atoms with Crippen molar-refractivity contribution in [2.24, 2.45) is 0 Å². The van der Waals surface area contributed by atoms with Crippen LogP contribution in [0.15, 0.2) is 48.7 Å². The lowest BCUT2D eigenvalue weighted by atomic mass is 10.1. The number of hydrogen-bond donors (Lipinski definition) is 1. The molecule has 3 aromatic rings. The average molecular weight is 287 g/mol. The van der Waals surface area contributed by atoms with E-state index in [0.29, 0.717) is 12.1 Å². The summed E-state index contributed by atoms with van der Waals surface area (Å²) in [6.45, 7) is 0.421. The van der Waals surface area contributed by atoms with Crippen LogP contribution in [0.2, 0.25) is 0 Å². The Kier molecular flexibility index (Phi) is 3.66. The van der Waals surface area contributed by atoms with Gasteiger partial charge in [0.15, 0.2) is 11.6 Å². The predicted octanol–water partition coefficient (Wildman–Crippen LogP) is 3.28. The molecule has 21 heavy (non-hydrogen) atoms. The van der Waals surface area contributed by atoms with Gasteiger partial charge in [0.2, 0.25) is 0 Å². The summed E-state index contributed by atoms with van der Waals surface area (Å²) >= 11 is 0. The molecule has 2 aromatic carbocycles. The van der Waals surface area contributed by atoms with Crippen molar-refractivity contribution >= 4 is 10.9 Å². The van der Waals surface area contributed by atoms with E-state index < -0.39 is 11.6 Å². The molecule has 108 valence electrons. The number of aromatic nitrogens is 2. The minimum atomic E-state index is -0.835. The predicted molar refractivity (Wildman–Crippen MR) is 77.9 cm³/mol. The summed E-state index contributed by atoms with van der Waals surface area (Å²) in [5, 5.41) is 8.36. The summed E-state index contributed by atoms with van der Waals surface area (Å²) in [7, 11) is 1.72. The number of benzene rings is 2. The topological polar surface area (TPSA) is 29.9 Å². The summed E-state index contributed by atoms with van der Waals surface area (Å²) in [4.78, 5) is 0. The molecular formula is C16H15F2N3. The number of rotatable bonds is 4.